The number of carbonyl (C=O) groups is 1. The van der Waals surface area contributed by atoms with Crippen LogP contribution in [0.25, 0.3) is 11.5 Å². The Morgan fingerprint density at radius 2 is 1.97 bits per heavy atom. The summed E-state index contributed by atoms with van der Waals surface area (Å²) in [6, 6.07) is 9.20. The highest BCUT2D eigenvalue weighted by Gasteiger charge is 2.32. The van der Waals surface area contributed by atoms with Gasteiger partial charge in [0.05, 0.1) is 20.4 Å². The molecule has 0 saturated carbocycles. The van der Waals surface area contributed by atoms with E-state index in [4.69, 9.17) is 9.47 Å². The van der Waals surface area contributed by atoms with Crippen molar-refractivity contribution in [3.63, 3.8) is 0 Å². The van der Waals surface area contributed by atoms with Crippen molar-refractivity contribution in [3.8, 4) is 17.3 Å². The maximum absolute atomic E-state index is 12.6. The van der Waals surface area contributed by atoms with Gasteiger partial charge in [-0.05, 0) is 25.1 Å². The van der Waals surface area contributed by atoms with E-state index in [9.17, 15) is 4.79 Å². The van der Waals surface area contributed by atoms with Crippen LogP contribution >= 0.6 is 0 Å². The predicted octanol–water partition coefficient (Wildman–Crippen LogP) is 2.11. The molecule has 10 heteroatoms. The molecule has 4 aromatic rings. The molecule has 1 unspecified atom stereocenters. The first-order chi connectivity index (χ1) is 14.6. The highest BCUT2D eigenvalue weighted by molar-refractivity contribution is 5.94. The van der Waals surface area contributed by atoms with Crippen molar-refractivity contribution in [1.82, 2.24) is 29.6 Å². The van der Waals surface area contributed by atoms with Gasteiger partial charge in [-0.25, -0.2) is 0 Å². The van der Waals surface area contributed by atoms with Crippen LogP contribution in [0.15, 0.2) is 36.5 Å². The lowest BCUT2D eigenvalue weighted by Gasteiger charge is -2.25. The molecule has 4 heterocycles. The highest BCUT2D eigenvalue weighted by Crippen LogP contribution is 2.42. The van der Waals surface area contributed by atoms with E-state index < -0.39 is 0 Å². The zero-order valence-corrected chi connectivity index (χ0v) is 16.7. The second-order valence-corrected chi connectivity index (χ2v) is 6.98. The smallest absolute Gasteiger partial charge is 0.226 e. The fraction of sp³-hybridized carbons (Fsp3) is 0.250. The van der Waals surface area contributed by atoms with E-state index in [1.54, 1.807) is 35.7 Å². The first-order valence-corrected chi connectivity index (χ1v) is 9.38. The summed E-state index contributed by atoms with van der Waals surface area (Å²) in [5.41, 5.74) is 2.43. The Hall–Kier alpha value is -3.95. The average Bonchev–Trinajstić information content (AvgIpc) is 3.36. The van der Waals surface area contributed by atoms with Gasteiger partial charge >= 0.3 is 0 Å². The Morgan fingerprint density at radius 3 is 2.77 bits per heavy atom. The summed E-state index contributed by atoms with van der Waals surface area (Å²) in [5, 5.41) is 20.1. The number of aromatic nitrogens is 6. The normalized spacial score (nSPS) is 15.7. The lowest BCUT2D eigenvalue weighted by atomic mass is 9.86. The van der Waals surface area contributed by atoms with Gasteiger partial charge in [-0.15, -0.1) is 15.3 Å². The summed E-state index contributed by atoms with van der Waals surface area (Å²) in [6.07, 6.45) is 2.05. The SMILES string of the molecule is COc1ccc(C2CC(=O)Nc3c2cnn3-c2ccc3nnc(C)n3n2)c(OC)c1. The molecule has 5 rings (SSSR count). The number of amides is 1. The van der Waals surface area contributed by atoms with Gasteiger partial charge in [-0.3, -0.25) is 4.79 Å². The molecule has 3 aromatic heterocycles. The number of ether oxygens (including phenoxy) is 2. The third kappa shape index (κ3) is 2.76. The largest absolute Gasteiger partial charge is 0.497 e. The van der Waals surface area contributed by atoms with Gasteiger partial charge in [0, 0.05) is 29.5 Å². The fourth-order valence-corrected chi connectivity index (χ4v) is 3.78. The van der Waals surface area contributed by atoms with Crippen molar-refractivity contribution >= 4 is 17.4 Å². The summed E-state index contributed by atoms with van der Waals surface area (Å²) in [7, 11) is 3.21. The number of hydrogen-bond donors (Lipinski definition) is 1. The van der Waals surface area contributed by atoms with Gasteiger partial charge in [0.1, 0.15) is 17.3 Å². The van der Waals surface area contributed by atoms with Crippen molar-refractivity contribution in [1.29, 1.82) is 0 Å². The molecule has 0 bridgehead atoms. The van der Waals surface area contributed by atoms with Crippen molar-refractivity contribution in [2.24, 2.45) is 0 Å². The lowest BCUT2D eigenvalue weighted by Crippen LogP contribution is -2.25. The molecule has 30 heavy (non-hydrogen) atoms. The van der Waals surface area contributed by atoms with Gasteiger partial charge in [0.15, 0.2) is 17.3 Å². The Labute approximate surface area is 171 Å². The summed E-state index contributed by atoms with van der Waals surface area (Å²) >= 11 is 0. The molecule has 1 amide bonds. The first kappa shape index (κ1) is 18.1. The lowest BCUT2D eigenvalue weighted by molar-refractivity contribution is -0.116. The van der Waals surface area contributed by atoms with E-state index in [1.165, 1.54) is 0 Å². The van der Waals surface area contributed by atoms with Gasteiger partial charge in [-0.2, -0.15) is 14.3 Å². The van der Waals surface area contributed by atoms with Crippen LogP contribution in [0.1, 0.15) is 29.3 Å². The van der Waals surface area contributed by atoms with Gasteiger partial charge in [0.25, 0.3) is 0 Å². The van der Waals surface area contributed by atoms with Crippen LogP contribution < -0.4 is 14.8 Å². The Kier molecular flexibility index (Phi) is 4.12. The minimum Gasteiger partial charge on any atom is -0.497 e. The Balaban J connectivity index is 1.63. The second kappa shape index (κ2) is 6.83. The maximum atomic E-state index is 12.6. The third-order valence-corrected chi connectivity index (χ3v) is 5.26. The molecule has 1 aliphatic rings. The molecule has 0 spiro atoms. The molecule has 1 aliphatic heterocycles. The standard InChI is InChI=1S/C20H19N7O3/c1-11-23-24-17-6-7-18(25-26(11)17)27-20-15(10-21-27)14(9-19(28)22-20)13-5-4-12(29-2)8-16(13)30-3/h4-8,10,14H,9H2,1-3H3,(H,22,28). The molecular formula is C20H19N7O3. The summed E-state index contributed by atoms with van der Waals surface area (Å²) in [5.74, 6) is 2.84. The van der Waals surface area contributed by atoms with Crippen LogP contribution in [0.3, 0.4) is 0 Å². The monoisotopic (exact) mass is 405 g/mol. The zero-order chi connectivity index (χ0) is 20.8. The van der Waals surface area contributed by atoms with Crippen LogP contribution in [0.5, 0.6) is 11.5 Å². The maximum Gasteiger partial charge on any atom is 0.226 e. The predicted molar refractivity (Wildman–Crippen MR) is 107 cm³/mol. The summed E-state index contributed by atoms with van der Waals surface area (Å²) in [4.78, 5) is 12.6. The van der Waals surface area contributed by atoms with Gasteiger partial charge in [-0.1, -0.05) is 6.07 Å². The molecule has 1 atom stereocenters. The van der Waals surface area contributed by atoms with Crippen molar-refractivity contribution in [3.05, 3.63) is 53.5 Å². The second-order valence-electron chi connectivity index (χ2n) is 6.98. The third-order valence-electron chi connectivity index (χ3n) is 5.26. The molecule has 0 aliphatic carbocycles. The van der Waals surface area contributed by atoms with Gasteiger partial charge < -0.3 is 14.8 Å². The number of fused-ring (bicyclic) bond motifs is 2. The number of aryl methyl sites for hydroxylation is 1. The Bertz CT molecular complexity index is 1280. The van der Waals surface area contributed by atoms with Gasteiger partial charge in [0.2, 0.25) is 5.91 Å². The van der Waals surface area contributed by atoms with E-state index in [0.29, 0.717) is 41.0 Å². The molecule has 10 nitrogen and oxygen atoms in total. The van der Waals surface area contributed by atoms with Crippen LogP contribution in [-0.2, 0) is 4.79 Å². The van der Waals surface area contributed by atoms with Crippen LogP contribution in [0.4, 0.5) is 5.82 Å². The van der Waals surface area contributed by atoms with Crippen LogP contribution in [-0.4, -0.2) is 49.7 Å². The number of methoxy groups -OCH3 is 2. The number of benzene rings is 1. The topological polar surface area (TPSA) is 108 Å². The fourth-order valence-electron chi connectivity index (χ4n) is 3.78. The molecule has 0 fully saturated rings. The van der Waals surface area contributed by atoms with Crippen molar-refractivity contribution in [2.45, 2.75) is 19.3 Å². The molecule has 0 saturated heterocycles. The van der Waals surface area contributed by atoms with E-state index in [0.717, 1.165) is 11.1 Å². The van der Waals surface area contributed by atoms with Crippen LogP contribution in [0, 0.1) is 6.92 Å². The van der Waals surface area contributed by atoms with Crippen molar-refractivity contribution < 1.29 is 14.3 Å². The molecule has 152 valence electrons. The minimum atomic E-state index is -0.205. The average molecular weight is 405 g/mol. The Morgan fingerprint density at radius 1 is 1.10 bits per heavy atom. The van der Waals surface area contributed by atoms with E-state index >= 15 is 0 Å². The number of nitrogens with zero attached hydrogens (tertiary/aromatic N) is 6. The number of carbonyl (C=O) groups excluding carboxylic acids is 1. The zero-order valence-electron chi connectivity index (χ0n) is 16.7. The van der Waals surface area contributed by atoms with E-state index in [1.807, 2.05) is 31.2 Å². The van der Waals surface area contributed by atoms with Crippen molar-refractivity contribution in [2.75, 3.05) is 19.5 Å². The number of rotatable bonds is 4. The number of nitrogens with one attached hydrogen (secondary N) is 1. The number of hydrogen-bond acceptors (Lipinski definition) is 7. The molecular weight excluding hydrogens is 386 g/mol. The molecule has 1 aromatic carbocycles. The van der Waals surface area contributed by atoms with E-state index in [2.05, 4.69) is 25.7 Å². The highest BCUT2D eigenvalue weighted by atomic mass is 16.5. The summed E-state index contributed by atoms with van der Waals surface area (Å²) < 4.78 is 14.1. The number of anilines is 1. The minimum absolute atomic E-state index is 0.103. The quantitative estimate of drug-likeness (QED) is 0.554. The van der Waals surface area contributed by atoms with E-state index in [-0.39, 0.29) is 11.8 Å². The first-order valence-electron chi connectivity index (χ1n) is 9.38. The molecule has 1 N–H and O–H groups in total. The molecule has 0 radical (unpaired) electrons. The van der Waals surface area contributed by atoms with Crippen LogP contribution in [0.2, 0.25) is 0 Å². The summed E-state index contributed by atoms with van der Waals surface area (Å²) in [6.45, 7) is 1.82.